The smallest absolute Gasteiger partial charge is 0.253 e. The van der Waals surface area contributed by atoms with Crippen molar-refractivity contribution in [1.29, 1.82) is 0 Å². The van der Waals surface area contributed by atoms with Crippen molar-refractivity contribution in [3.63, 3.8) is 0 Å². The second kappa shape index (κ2) is 12.6. The first-order valence-corrected chi connectivity index (χ1v) is 12.6. The van der Waals surface area contributed by atoms with Gasteiger partial charge in [0.15, 0.2) is 0 Å². The van der Waals surface area contributed by atoms with Gasteiger partial charge < -0.3 is 19.7 Å². The third-order valence-corrected chi connectivity index (χ3v) is 6.82. The van der Waals surface area contributed by atoms with Crippen molar-refractivity contribution in [2.75, 3.05) is 40.5 Å². The molecule has 1 fully saturated rings. The van der Waals surface area contributed by atoms with Crippen LogP contribution in [0.25, 0.3) is 5.57 Å². The van der Waals surface area contributed by atoms with Crippen LogP contribution in [-0.2, 0) is 4.74 Å². The van der Waals surface area contributed by atoms with E-state index in [2.05, 4.69) is 27.3 Å². The maximum atomic E-state index is 13.7. The minimum absolute atomic E-state index is 0.196. The Labute approximate surface area is 218 Å². The maximum absolute atomic E-state index is 13.7. The van der Waals surface area contributed by atoms with Gasteiger partial charge in [-0.3, -0.25) is 9.78 Å². The number of hydrogen-bond donors (Lipinski definition) is 1. The lowest BCUT2D eigenvalue weighted by Gasteiger charge is -2.30. The fraction of sp³-hybridized carbons (Fsp3) is 0.333. The van der Waals surface area contributed by atoms with Gasteiger partial charge in [0.05, 0.1) is 31.5 Å². The summed E-state index contributed by atoms with van der Waals surface area (Å²) in [5, 5.41) is 3.03. The fourth-order valence-corrected chi connectivity index (χ4v) is 4.66. The van der Waals surface area contributed by atoms with Crippen LogP contribution in [0, 0.1) is 5.82 Å². The molecule has 2 aromatic carbocycles. The molecule has 6 nitrogen and oxygen atoms in total. The Morgan fingerprint density at radius 1 is 1.00 bits per heavy atom. The molecule has 1 aliphatic heterocycles. The average molecular weight is 504 g/mol. The Morgan fingerprint density at radius 3 is 2.27 bits per heavy atom. The van der Waals surface area contributed by atoms with Gasteiger partial charge in [-0.2, -0.15) is 0 Å². The van der Waals surface area contributed by atoms with Crippen molar-refractivity contribution < 1.29 is 18.7 Å². The van der Waals surface area contributed by atoms with Crippen LogP contribution in [0.1, 0.15) is 52.9 Å². The van der Waals surface area contributed by atoms with Crippen LogP contribution >= 0.6 is 0 Å². The molecule has 37 heavy (non-hydrogen) atoms. The monoisotopic (exact) mass is 503 g/mol. The Bertz CT molecular complexity index is 1220. The van der Waals surface area contributed by atoms with Gasteiger partial charge in [-0.1, -0.05) is 42.0 Å². The maximum Gasteiger partial charge on any atom is 0.253 e. The molecule has 0 bridgehead atoms. The van der Waals surface area contributed by atoms with Crippen LogP contribution in [0.4, 0.5) is 4.39 Å². The van der Waals surface area contributed by atoms with E-state index in [9.17, 15) is 9.18 Å². The van der Waals surface area contributed by atoms with Crippen LogP contribution < -0.4 is 10.1 Å². The zero-order chi connectivity index (χ0) is 26.2. The zero-order valence-electron chi connectivity index (χ0n) is 21.7. The van der Waals surface area contributed by atoms with Crippen LogP contribution in [0.5, 0.6) is 5.75 Å². The van der Waals surface area contributed by atoms with Crippen LogP contribution in [0.3, 0.4) is 0 Å². The highest BCUT2D eigenvalue weighted by Gasteiger charge is 2.20. The summed E-state index contributed by atoms with van der Waals surface area (Å²) in [6.45, 7) is 5.57. The number of hydrogen-bond acceptors (Lipinski definition) is 5. The number of carbonyl (C=O) groups excluding carboxylic acids is 1. The molecular weight excluding hydrogens is 469 g/mol. The normalized spacial score (nSPS) is 14.8. The molecule has 4 rings (SSSR count). The number of amides is 1. The molecule has 1 saturated heterocycles. The summed E-state index contributed by atoms with van der Waals surface area (Å²) in [7, 11) is 3.27. The van der Waals surface area contributed by atoms with Gasteiger partial charge >= 0.3 is 0 Å². The molecule has 1 N–H and O–H groups in total. The molecule has 0 unspecified atom stereocenters. The molecule has 0 spiro atoms. The zero-order valence-corrected chi connectivity index (χ0v) is 21.7. The molecule has 1 amide bonds. The molecule has 1 atom stereocenters. The summed E-state index contributed by atoms with van der Waals surface area (Å²) in [5.41, 5.74) is 6.08. The van der Waals surface area contributed by atoms with Gasteiger partial charge in [0.25, 0.3) is 5.91 Å². The number of nitrogens with one attached hydrogen (secondary N) is 1. The second-order valence-corrected chi connectivity index (χ2v) is 9.25. The first-order valence-electron chi connectivity index (χ1n) is 12.6. The lowest BCUT2D eigenvalue weighted by Crippen LogP contribution is -2.33. The molecule has 1 aliphatic rings. The van der Waals surface area contributed by atoms with E-state index in [-0.39, 0.29) is 17.8 Å². The quantitative estimate of drug-likeness (QED) is 0.431. The van der Waals surface area contributed by atoms with E-state index in [1.807, 2.05) is 31.2 Å². The number of halogens is 1. The Hall–Kier alpha value is -3.55. The summed E-state index contributed by atoms with van der Waals surface area (Å²) < 4.78 is 24.1. The lowest BCUT2D eigenvalue weighted by molar-refractivity contribution is 0.0939. The summed E-state index contributed by atoms with van der Waals surface area (Å²) in [6, 6.07) is 16.5. The predicted octanol–water partition coefficient (Wildman–Crippen LogP) is 5.26. The summed E-state index contributed by atoms with van der Waals surface area (Å²) in [4.78, 5) is 19.2. The SMILES string of the molecule is COCCN1CCC(=C(c2ccc(F)cc2)c2ccc([C@@H](C)NC(=O)c3cncc(OC)c3)cc2)CC1. The molecule has 0 aliphatic carbocycles. The second-order valence-electron chi connectivity index (χ2n) is 9.25. The van der Waals surface area contributed by atoms with E-state index < -0.39 is 0 Å². The number of carbonyl (C=O) groups is 1. The molecule has 3 aromatic rings. The van der Waals surface area contributed by atoms with Crippen LogP contribution in [-0.4, -0.2) is 56.3 Å². The molecular formula is C30H34FN3O3. The Kier molecular flexibility index (Phi) is 9.04. The third kappa shape index (κ3) is 6.81. The van der Waals surface area contributed by atoms with Gasteiger partial charge in [0.2, 0.25) is 0 Å². The van der Waals surface area contributed by atoms with E-state index in [1.165, 1.54) is 23.9 Å². The van der Waals surface area contributed by atoms with Crippen molar-refractivity contribution in [2.45, 2.75) is 25.8 Å². The van der Waals surface area contributed by atoms with Gasteiger partial charge in [0.1, 0.15) is 11.6 Å². The van der Waals surface area contributed by atoms with Gasteiger partial charge in [-0.15, -0.1) is 0 Å². The molecule has 2 heterocycles. The van der Waals surface area contributed by atoms with Gasteiger partial charge in [-0.25, -0.2) is 4.39 Å². The number of methoxy groups -OCH3 is 2. The number of rotatable bonds is 9. The number of nitrogens with zero attached hydrogens (tertiary/aromatic N) is 2. The van der Waals surface area contributed by atoms with E-state index in [1.54, 1.807) is 26.5 Å². The van der Waals surface area contributed by atoms with E-state index >= 15 is 0 Å². The average Bonchev–Trinajstić information content (AvgIpc) is 2.94. The number of aromatic nitrogens is 1. The molecule has 1 aromatic heterocycles. The molecule has 0 radical (unpaired) electrons. The molecule has 194 valence electrons. The van der Waals surface area contributed by atoms with E-state index in [0.717, 1.165) is 61.3 Å². The third-order valence-electron chi connectivity index (χ3n) is 6.82. The Balaban J connectivity index is 1.54. The van der Waals surface area contributed by atoms with Crippen molar-refractivity contribution >= 4 is 11.5 Å². The van der Waals surface area contributed by atoms with Crippen molar-refractivity contribution in [2.24, 2.45) is 0 Å². The summed E-state index contributed by atoms with van der Waals surface area (Å²) in [6.07, 6.45) is 5.00. The van der Waals surface area contributed by atoms with Gasteiger partial charge in [-0.05, 0) is 60.2 Å². The fourth-order valence-electron chi connectivity index (χ4n) is 4.66. The van der Waals surface area contributed by atoms with E-state index in [0.29, 0.717) is 11.3 Å². The minimum atomic E-state index is -0.242. The topological polar surface area (TPSA) is 63.7 Å². The Morgan fingerprint density at radius 2 is 1.65 bits per heavy atom. The summed E-state index contributed by atoms with van der Waals surface area (Å²) >= 11 is 0. The first-order chi connectivity index (χ1) is 18.0. The number of likely N-dealkylation sites (tertiary alicyclic amines) is 1. The van der Waals surface area contributed by atoms with Crippen molar-refractivity contribution in [3.8, 4) is 5.75 Å². The van der Waals surface area contributed by atoms with Crippen molar-refractivity contribution in [1.82, 2.24) is 15.2 Å². The highest BCUT2D eigenvalue weighted by molar-refractivity contribution is 5.94. The lowest BCUT2D eigenvalue weighted by atomic mass is 9.87. The number of piperidine rings is 1. The van der Waals surface area contributed by atoms with Crippen LogP contribution in [0.15, 0.2) is 72.6 Å². The molecule has 0 saturated carbocycles. The van der Waals surface area contributed by atoms with Gasteiger partial charge in [0, 0.05) is 32.9 Å². The van der Waals surface area contributed by atoms with Crippen molar-refractivity contribution in [3.05, 3.63) is 101 Å². The first kappa shape index (κ1) is 26.5. The predicted molar refractivity (Wildman–Crippen MR) is 143 cm³/mol. The highest BCUT2D eigenvalue weighted by atomic mass is 19.1. The number of pyridine rings is 1. The standard InChI is InChI=1S/C30H34FN3O3/c1-21(33-30(35)26-18-28(37-3)20-32-19-26)22-4-6-23(7-5-22)29(24-8-10-27(31)11-9-24)25-12-14-34(15-13-25)16-17-36-2/h4-11,18-21H,12-17H2,1-3H3,(H,33,35)/t21-/m1/s1. The number of benzene rings is 2. The highest BCUT2D eigenvalue weighted by Crippen LogP contribution is 2.33. The minimum Gasteiger partial charge on any atom is -0.495 e. The summed E-state index contributed by atoms with van der Waals surface area (Å²) in [5.74, 6) is 0.0847. The largest absolute Gasteiger partial charge is 0.495 e. The number of ether oxygens (including phenoxy) is 2. The molecule has 7 heteroatoms. The van der Waals surface area contributed by atoms with E-state index in [4.69, 9.17) is 9.47 Å². The van der Waals surface area contributed by atoms with Crippen LogP contribution in [0.2, 0.25) is 0 Å².